The van der Waals surface area contributed by atoms with Crippen molar-refractivity contribution in [2.75, 3.05) is 0 Å². The predicted octanol–water partition coefficient (Wildman–Crippen LogP) is 14.6. The van der Waals surface area contributed by atoms with Crippen molar-refractivity contribution in [3.05, 3.63) is 0 Å². The molecule has 0 atom stereocenters. The number of rotatable bonds is 48. The van der Waals surface area contributed by atoms with Crippen LogP contribution in [0.5, 0.6) is 0 Å². The molecule has 0 aromatic carbocycles. The Bertz CT molecular complexity index is 717. The first-order valence-corrected chi connectivity index (χ1v) is 26.9. The van der Waals surface area contributed by atoms with Gasteiger partial charge in [0.1, 0.15) is 0 Å². The summed E-state index contributed by atoms with van der Waals surface area (Å²) in [6.07, 6.45) is 59.6. The molecule has 0 saturated heterocycles. The fourth-order valence-corrected chi connectivity index (χ4v) is 7.92. The first-order valence-electron chi connectivity index (χ1n) is 26.9. The number of unbranched alkanes of at least 4 members (excludes halogenated alkanes) is 42. The molecule has 0 aromatic rings. The number of hydrogen-bond acceptors (Lipinski definition) is 6. The third kappa shape index (κ3) is 76.9. The zero-order chi connectivity index (χ0) is 44.7. The van der Waals surface area contributed by atoms with Gasteiger partial charge in [0.15, 0.2) is 0 Å². The minimum Gasteiger partial charge on any atom is -0.550 e. The molecule has 7 heteroatoms. The topological polar surface area (TPSA) is 120 Å². The Labute approximate surface area is 399 Å². The summed E-state index contributed by atoms with van der Waals surface area (Å²) in [6, 6.07) is 0. The molecule has 0 aliphatic rings. The number of aliphatic carboxylic acids is 3. The Kier molecular flexibility index (Phi) is 69.6. The zero-order valence-electron chi connectivity index (χ0n) is 41.3. The number of carboxylic acids is 3. The quantitative estimate of drug-likeness (QED) is 0.0442. The Morgan fingerprint density at radius 2 is 0.311 bits per heavy atom. The maximum Gasteiger partial charge on any atom is 3.00 e. The average molecular weight is 972 g/mol. The number of carbonyl (C=O) groups is 3. The zero-order valence-corrected chi connectivity index (χ0v) is 43.9. The maximum atomic E-state index is 10.2. The molecule has 6 nitrogen and oxygen atoms in total. The van der Waals surface area contributed by atoms with Gasteiger partial charge in [0.2, 0.25) is 0 Å². The number of carboxylic acid groups (broad SMARTS) is 3. The molecule has 0 amide bonds. The van der Waals surface area contributed by atoms with Gasteiger partial charge >= 0.3 is 24.4 Å². The fraction of sp³-hybridized carbons (Fsp3) is 0.944. The average Bonchev–Trinajstić information content (AvgIpc) is 3.22. The summed E-state index contributed by atoms with van der Waals surface area (Å²) < 4.78 is 0. The Morgan fingerprint density at radius 1 is 0.213 bits per heavy atom. The second kappa shape index (κ2) is 63.5. The Hall–Kier alpha value is -0.772. The summed E-state index contributed by atoms with van der Waals surface area (Å²) in [4.78, 5) is 30.7. The smallest absolute Gasteiger partial charge is 0.550 e. The molecular weight excluding hydrogens is 866 g/mol. The SMILES string of the molecule is CCCCCCCCCCCCCCCCCC(=O)[O-].CCCCCCCCCCCCCCCCCC(=O)[O-].CCCCCCCCCCCCCCCCCC(=O)[O-].[Sb+3]. The van der Waals surface area contributed by atoms with Gasteiger partial charge in [0.25, 0.3) is 0 Å². The van der Waals surface area contributed by atoms with Crippen molar-refractivity contribution < 1.29 is 29.7 Å². The molecule has 0 bridgehead atoms. The molecule has 0 aliphatic carbocycles. The van der Waals surface area contributed by atoms with Crippen molar-refractivity contribution in [3.8, 4) is 0 Å². The van der Waals surface area contributed by atoms with Gasteiger partial charge in [0.05, 0.1) is 0 Å². The van der Waals surface area contributed by atoms with Crippen LogP contribution in [0.25, 0.3) is 0 Å². The summed E-state index contributed by atoms with van der Waals surface area (Å²) in [6.45, 7) is 6.80. The van der Waals surface area contributed by atoms with Crippen molar-refractivity contribution in [2.24, 2.45) is 0 Å². The van der Waals surface area contributed by atoms with Crippen molar-refractivity contribution >= 4 is 42.3 Å². The Morgan fingerprint density at radius 3 is 0.410 bits per heavy atom. The van der Waals surface area contributed by atoms with Crippen molar-refractivity contribution in [2.45, 2.75) is 329 Å². The minimum absolute atomic E-state index is 0. The van der Waals surface area contributed by atoms with Crippen molar-refractivity contribution in [1.29, 1.82) is 0 Å². The van der Waals surface area contributed by atoms with Crippen LogP contribution < -0.4 is 15.3 Å². The molecule has 0 spiro atoms. The molecule has 362 valence electrons. The van der Waals surface area contributed by atoms with E-state index < -0.39 is 17.9 Å². The van der Waals surface area contributed by atoms with E-state index in [0.29, 0.717) is 0 Å². The van der Waals surface area contributed by atoms with Gasteiger partial charge in [-0.05, 0) is 38.5 Å². The van der Waals surface area contributed by atoms with Crippen molar-refractivity contribution in [1.82, 2.24) is 0 Å². The first kappa shape index (κ1) is 66.8. The van der Waals surface area contributed by atoms with Gasteiger partial charge in [-0.15, -0.1) is 0 Å². The van der Waals surface area contributed by atoms with Crippen LogP contribution in [-0.2, 0) is 14.4 Å². The van der Waals surface area contributed by atoms with Crippen LogP contribution in [0.4, 0.5) is 0 Å². The molecule has 0 unspecified atom stereocenters. The third-order valence-corrected chi connectivity index (χ3v) is 12.0. The molecule has 0 aliphatic heterocycles. The van der Waals surface area contributed by atoms with Crippen LogP contribution in [0.3, 0.4) is 0 Å². The standard InChI is InChI=1S/3C18H36O2.Sb/c3*1-2-3-4-5-6-7-8-9-10-11-12-13-14-15-16-17-18(19)20;/h3*2-17H2,1H3,(H,19,20);/q;;;+3/p-3. The summed E-state index contributed by atoms with van der Waals surface area (Å²) in [5, 5.41) is 30.7. The van der Waals surface area contributed by atoms with E-state index in [9.17, 15) is 29.7 Å². The van der Waals surface area contributed by atoms with Crippen LogP contribution in [0.2, 0.25) is 0 Å². The first-order chi connectivity index (χ1) is 29.3. The molecule has 0 heterocycles. The normalized spacial score (nSPS) is 10.7. The predicted molar refractivity (Wildman–Crippen MR) is 259 cm³/mol. The van der Waals surface area contributed by atoms with E-state index in [1.165, 1.54) is 250 Å². The van der Waals surface area contributed by atoms with E-state index >= 15 is 0 Å². The summed E-state index contributed by atoms with van der Waals surface area (Å²) >= 11 is 0. The van der Waals surface area contributed by atoms with Gasteiger partial charge in [-0.2, -0.15) is 0 Å². The van der Waals surface area contributed by atoms with Gasteiger partial charge in [-0.1, -0.05) is 290 Å². The van der Waals surface area contributed by atoms with Crippen LogP contribution in [0, 0.1) is 0 Å². The molecule has 61 heavy (non-hydrogen) atoms. The number of carbonyl (C=O) groups excluding carboxylic acids is 3. The van der Waals surface area contributed by atoms with Crippen LogP contribution >= 0.6 is 0 Å². The third-order valence-electron chi connectivity index (χ3n) is 12.0. The monoisotopic (exact) mass is 971 g/mol. The van der Waals surface area contributed by atoms with Gasteiger partial charge in [-0.25, -0.2) is 0 Å². The largest absolute Gasteiger partial charge is 3.00 e. The molecular formula is C54H105O6Sb. The Balaban J connectivity index is -0.000000396. The van der Waals surface area contributed by atoms with Gasteiger partial charge < -0.3 is 29.7 Å². The fourth-order valence-electron chi connectivity index (χ4n) is 7.92. The van der Waals surface area contributed by atoms with Crippen LogP contribution in [0.15, 0.2) is 0 Å². The van der Waals surface area contributed by atoms with E-state index in [2.05, 4.69) is 20.8 Å². The summed E-state index contributed by atoms with van der Waals surface area (Å²) in [5.74, 6) is -2.71. The van der Waals surface area contributed by atoms with Crippen molar-refractivity contribution in [3.63, 3.8) is 0 Å². The van der Waals surface area contributed by atoms with Crippen LogP contribution in [0.1, 0.15) is 329 Å². The van der Waals surface area contributed by atoms with Gasteiger partial charge in [-0.3, -0.25) is 0 Å². The van der Waals surface area contributed by atoms with E-state index in [1.54, 1.807) is 0 Å². The second-order valence-electron chi connectivity index (χ2n) is 18.2. The van der Waals surface area contributed by atoms with E-state index in [1.807, 2.05) is 0 Å². The van der Waals surface area contributed by atoms with Gasteiger partial charge in [0, 0.05) is 17.9 Å². The molecule has 0 aromatic heterocycles. The van der Waals surface area contributed by atoms with E-state index in [4.69, 9.17) is 0 Å². The van der Waals surface area contributed by atoms with E-state index in [0.717, 1.165) is 38.5 Å². The number of hydrogen-bond donors (Lipinski definition) is 0. The second-order valence-corrected chi connectivity index (χ2v) is 18.2. The maximum absolute atomic E-state index is 10.2. The minimum atomic E-state index is -0.903. The molecule has 0 saturated carbocycles. The summed E-state index contributed by atoms with van der Waals surface area (Å²) in [5.41, 5.74) is 0. The molecule has 0 N–H and O–H groups in total. The van der Waals surface area contributed by atoms with E-state index in [-0.39, 0.29) is 43.7 Å². The molecule has 2 radical (unpaired) electrons. The van der Waals surface area contributed by atoms with Crippen LogP contribution in [-0.4, -0.2) is 42.3 Å². The summed E-state index contributed by atoms with van der Waals surface area (Å²) in [7, 11) is 0. The molecule has 0 rings (SSSR count). The molecule has 0 fully saturated rings.